The van der Waals surface area contributed by atoms with Crippen LogP contribution in [0.3, 0.4) is 0 Å². The zero-order valence-corrected chi connectivity index (χ0v) is 21.9. The summed E-state index contributed by atoms with van der Waals surface area (Å²) < 4.78 is 0. The molecule has 6 heteroatoms. The van der Waals surface area contributed by atoms with Gasteiger partial charge < -0.3 is 15.1 Å². The summed E-state index contributed by atoms with van der Waals surface area (Å²) in [6, 6.07) is 27.7. The Labute approximate surface area is 217 Å². The van der Waals surface area contributed by atoms with Crippen molar-refractivity contribution in [2.45, 2.75) is 33.9 Å². The first-order chi connectivity index (χ1) is 17.4. The third kappa shape index (κ3) is 6.73. The monoisotopic (exact) mass is 499 g/mol. The molecule has 0 atom stereocenters. The number of nitrogens with one attached hydrogen (secondary N) is 1. The predicted octanol–water partition coefficient (Wildman–Crippen LogP) is 6.93. The topological polar surface area (TPSA) is 52.7 Å². The van der Waals surface area contributed by atoms with Crippen LogP contribution in [0.2, 0.25) is 0 Å². The molecule has 0 unspecified atom stereocenters. The molecule has 4 rings (SSSR count). The quantitative estimate of drug-likeness (QED) is 0.271. The normalized spacial score (nSPS) is 11.0. The molecule has 0 bridgehead atoms. The van der Waals surface area contributed by atoms with Crippen LogP contribution in [0.15, 0.2) is 84.9 Å². The summed E-state index contributed by atoms with van der Waals surface area (Å²) in [4.78, 5) is 32.9. The molecule has 1 N–H and O–H groups in total. The van der Waals surface area contributed by atoms with Gasteiger partial charge in [0.25, 0.3) is 0 Å². The van der Waals surface area contributed by atoms with E-state index in [1.54, 1.807) is 16.2 Å². The van der Waals surface area contributed by atoms with Crippen LogP contribution in [0.5, 0.6) is 0 Å². The van der Waals surface area contributed by atoms with Crippen molar-refractivity contribution in [3.63, 3.8) is 0 Å². The van der Waals surface area contributed by atoms with Gasteiger partial charge in [0.15, 0.2) is 0 Å². The molecule has 0 fully saturated rings. The second kappa shape index (κ2) is 11.9. The van der Waals surface area contributed by atoms with Crippen molar-refractivity contribution < 1.29 is 9.59 Å². The average molecular weight is 500 g/mol. The fourth-order valence-electron chi connectivity index (χ4n) is 4.25. The summed E-state index contributed by atoms with van der Waals surface area (Å²) in [5.74, 6) is 0.150. The van der Waals surface area contributed by atoms with E-state index in [2.05, 4.69) is 38.2 Å². The van der Waals surface area contributed by atoms with Crippen LogP contribution in [0.25, 0.3) is 10.8 Å². The van der Waals surface area contributed by atoms with Gasteiger partial charge >= 0.3 is 6.03 Å². The van der Waals surface area contributed by atoms with Gasteiger partial charge in [0.05, 0.1) is 12.2 Å². The Kier molecular flexibility index (Phi) is 8.39. The number of carbonyl (C=O) groups excluding carboxylic acids is 2. The summed E-state index contributed by atoms with van der Waals surface area (Å²) >= 11 is 1.70. The number of thiophene rings is 1. The maximum atomic E-state index is 13.6. The van der Waals surface area contributed by atoms with E-state index < -0.39 is 0 Å². The minimum Gasteiger partial charge on any atom is -0.332 e. The molecule has 0 radical (unpaired) electrons. The molecule has 0 aliphatic rings. The van der Waals surface area contributed by atoms with Crippen LogP contribution in [-0.4, -0.2) is 34.8 Å². The highest BCUT2D eigenvalue weighted by Gasteiger charge is 2.23. The highest BCUT2D eigenvalue weighted by Crippen LogP contribution is 2.24. The van der Waals surface area contributed by atoms with Gasteiger partial charge in [-0.1, -0.05) is 80.6 Å². The number of fused-ring (bicyclic) bond motifs is 1. The van der Waals surface area contributed by atoms with Crippen LogP contribution in [0.1, 0.15) is 29.2 Å². The number of benzene rings is 3. The van der Waals surface area contributed by atoms with Gasteiger partial charge in [-0.15, -0.1) is 11.3 Å². The van der Waals surface area contributed by atoms with E-state index in [1.165, 1.54) is 4.88 Å². The van der Waals surface area contributed by atoms with Gasteiger partial charge in [-0.05, 0) is 42.0 Å². The van der Waals surface area contributed by atoms with Crippen molar-refractivity contribution in [3.8, 4) is 0 Å². The Hall–Kier alpha value is -3.64. The smallest absolute Gasteiger partial charge is 0.322 e. The van der Waals surface area contributed by atoms with Crippen molar-refractivity contribution in [2.24, 2.45) is 5.92 Å². The number of anilines is 1. The van der Waals surface area contributed by atoms with Crippen molar-refractivity contribution in [2.75, 3.05) is 18.4 Å². The molecule has 0 aliphatic carbocycles. The van der Waals surface area contributed by atoms with Crippen LogP contribution < -0.4 is 5.32 Å². The number of urea groups is 1. The molecular weight excluding hydrogens is 466 g/mol. The fraction of sp³-hybridized carbons (Fsp3) is 0.267. The van der Waals surface area contributed by atoms with E-state index in [0.717, 1.165) is 26.9 Å². The van der Waals surface area contributed by atoms with Gasteiger partial charge in [0.1, 0.15) is 6.54 Å². The molecule has 4 aromatic rings. The first kappa shape index (κ1) is 25.5. The highest BCUT2D eigenvalue weighted by molar-refractivity contribution is 7.11. The lowest BCUT2D eigenvalue weighted by Crippen LogP contribution is -2.45. The van der Waals surface area contributed by atoms with Crippen molar-refractivity contribution >= 4 is 39.7 Å². The van der Waals surface area contributed by atoms with Gasteiger partial charge in [-0.2, -0.15) is 0 Å². The zero-order valence-electron chi connectivity index (χ0n) is 21.1. The van der Waals surface area contributed by atoms with Crippen molar-refractivity contribution in [3.05, 3.63) is 100 Å². The van der Waals surface area contributed by atoms with Crippen LogP contribution >= 0.6 is 11.3 Å². The fourth-order valence-corrected chi connectivity index (χ4v) is 5.15. The zero-order chi connectivity index (χ0) is 25.5. The maximum Gasteiger partial charge on any atom is 0.322 e. The summed E-state index contributed by atoms with van der Waals surface area (Å²) in [5, 5.41) is 5.09. The Morgan fingerprint density at radius 3 is 2.28 bits per heavy atom. The summed E-state index contributed by atoms with van der Waals surface area (Å²) in [7, 11) is 0. The molecule has 36 heavy (non-hydrogen) atoms. The largest absolute Gasteiger partial charge is 0.332 e. The molecule has 5 nitrogen and oxygen atoms in total. The van der Waals surface area contributed by atoms with E-state index in [-0.39, 0.29) is 24.4 Å². The molecule has 1 heterocycles. The second-order valence-electron chi connectivity index (χ2n) is 9.48. The molecule has 0 saturated carbocycles. The van der Waals surface area contributed by atoms with E-state index >= 15 is 0 Å². The van der Waals surface area contributed by atoms with Crippen LogP contribution in [0, 0.1) is 12.8 Å². The summed E-state index contributed by atoms with van der Waals surface area (Å²) in [6.45, 7) is 7.70. The van der Waals surface area contributed by atoms with Gasteiger partial charge in [-0.3, -0.25) is 4.79 Å². The molecule has 0 spiro atoms. The van der Waals surface area contributed by atoms with E-state index in [4.69, 9.17) is 0 Å². The number of hydrogen-bond donors (Lipinski definition) is 1. The number of aryl methyl sites for hydroxylation is 1. The van der Waals surface area contributed by atoms with Gasteiger partial charge in [0, 0.05) is 28.2 Å². The summed E-state index contributed by atoms with van der Waals surface area (Å²) in [6.07, 6.45) is 0. The van der Waals surface area contributed by atoms with E-state index in [1.807, 2.05) is 77.7 Å². The molecule has 1 aromatic heterocycles. The lowest BCUT2D eigenvalue weighted by molar-refractivity contribution is -0.133. The summed E-state index contributed by atoms with van der Waals surface area (Å²) in [5.41, 5.74) is 1.81. The SMILES string of the molecule is Cc1ccc(CN(Cc2ccccc2)C(=O)CN(CC(C)C)C(=O)Nc2cccc3ccccc23)s1. The number of rotatable bonds is 9. The Morgan fingerprint density at radius 2 is 1.56 bits per heavy atom. The number of carbonyl (C=O) groups is 2. The third-order valence-electron chi connectivity index (χ3n) is 5.94. The standard InChI is InChI=1S/C30H33N3O2S/c1-22(2)18-33(30(35)31-28-15-9-13-25-12-7-8-14-27(25)28)21-29(34)32(19-24-10-5-4-6-11-24)20-26-17-16-23(3)36-26/h4-17,22H,18-21H2,1-3H3,(H,31,35). The average Bonchev–Trinajstić information content (AvgIpc) is 3.28. The van der Waals surface area contributed by atoms with E-state index in [0.29, 0.717) is 19.6 Å². The van der Waals surface area contributed by atoms with Gasteiger partial charge in [0.2, 0.25) is 5.91 Å². The van der Waals surface area contributed by atoms with Crippen LogP contribution in [-0.2, 0) is 17.9 Å². The lowest BCUT2D eigenvalue weighted by Gasteiger charge is -2.29. The number of amides is 3. The Balaban J connectivity index is 1.54. The number of nitrogens with zero attached hydrogens (tertiary/aromatic N) is 2. The molecular formula is C30H33N3O2S. The Morgan fingerprint density at radius 1 is 0.833 bits per heavy atom. The minimum atomic E-state index is -0.264. The highest BCUT2D eigenvalue weighted by atomic mass is 32.1. The first-order valence-electron chi connectivity index (χ1n) is 12.3. The lowest BCUT2D eigenvalue weighted by atomic mass is 10.1. The minimum absolute atomic E-state index is 0.0198. The number of hydrogen-bond acceptors (Lipinski definition) is 3. The molecule has 3 amide bonds. The molecule has 0 saturated heterocycles. The maximum absolute atomic E-state index is 13.6. The molecule has 186 valence electrons. The second-order valence-corrected chi connectivity index (χ2v) is 10.9. The first-order valence-corrected chi connectivity index (χ1v) is 13.1. The van der Waals surface area contributed by atoms with Gasteiger partial charge in [-0.25, -0.2) is 4.79 Å². The predicted molar refractivity (Wildman–Crippen MR) is 149 cm³/mol. The molecule has 0 aliphatic heterocycles. The Bertz CT molecular complexity index is 1310. The van der Waals surface area contributed by atoms with Crippen molar-refractivity contribution in [1.82, 2.24) is 9.80 Å². The van der Waals surface area contributed by atoms with Crippen LogP contribution in [0.4, 0.5) is 10.5 Å². The van der Waals surface area contributed by atoms with E-state index in [9.17, 15) is 9.59 Å². The molecule has 3 aromatic carbocycles. The third-order valence-corrected chi connectivity index (χ3v) is 6.93. The van der Waals surface area contributed by atoms with Crippen molar-refractivity contribution in [1.29, 1.82) is 0 Å².